The van der Waals surface area contributed by atoms with E-state index in [2.05, 4.69) is 0 Å². The van der Waals surface area contributed by atoms with Gasteiger partial charge in [-0.15, -0.1) is 0 Å². The summed E-state index contributed by atoms with van der Waals surface area (Å²) in [5.74, 6) is -0.425. The summed E-state index contributed by atoms with van der Waals surface area (Å²) >= 11 is 0. The van der Waals surface area contributed by atoms with E-state index in [1.807, 2.05) is 6.92 Å². The van der Waals surface area contributed by atoms with E-state index < -0.39 is 30.6 Å². The molecule has 0 aliphatic rings. The molecule has 0 aliphatic heterocycles. The average molecular weight is 278 g/mol. The summed E-state index contributed by atoms with van der Waals surface area (Å²) in [6.45, 7) is 0.755. The van der Waals surface area contributed by atoms with Gasteiger partial charge in [0.05, 0.1) is 6.54 Å². The first kappa shape index (κ1) is 15.9. The van der Waals surface area contributed by atoms with Crippen LogP contribution < -0.4 is 5.73 Å². The molecule has 2 N–H and O–H groups in total. The van der Waals surface area contributed by atoms with E-state index in [0.717, 1.165) is 4.90 Å². The molecule has 0 amide bonds. The van der Waals surface area contributed by atoms with Crippen LogP contribution in [0.25, 0.3) is 0 Å². The van der Waals surface area contributed by atoms with E-state index in [1.54, 1.807) is 0 Å². The van der Waals surface area contributed by atoms with Gasteiger partial charge >= 0.3 is 6.18 Å². The second-order valence-corrected chi connectivity index (χ2v) is 4.60. The van der Waals surface area contributed by atoms with Crippen LogP contribution in [-0.4, -0.2) is 30.7 Å². The van der Waals surface area contributed by atoms with Crippen LogP contribution in [0.4, 0.5) is 17.6 Å². The van der Waals surface area contributed by atoms with Crippen molar-refractivity contribution in [3.63, 3.8) is 0 Å². The van der Waals surface area contributed by atoms with Gasteiger partial charge < -0.3 is 5.73 Å². The number of hydrogen-bond donors (Lipinski definition) is 1. The van der Waals surface area contributed by atoms with E-state index in [9.17, 15) is 17.6 Å². The van der Waals surface area contributed by atoms with Crippen molar-refractivity contribution in [2.24, 2.45) is 5.73 Å². The van der Waals surface area contributed by atoms with Crippen LogP contribution in [0.3, 0.4) is 0 Å². The highest BCUT2D eigenvalue weighted by molar-refractivity contribution is 5.21. The molecule has 0 aliphatic carbocycles. The first-order chi connectivity index (χ1) is 8.74. The maximum atomic E-state index is 12.9. The van der Waals surface area contributed by atoms with Crippen molar-refractivity contribution in [1.29, 1.82) is 0 Å². The van der Waals surface area contributed by atoms with Crippen molar-refractivity contribution in [1.82, 2.24) is 4.90 Å². The van der Waals surface area contributed by atoms with Gasteiger partial charge in [0, 0.05) is 12.1 Å². The molecular weight excluding hydrogens is 260 g/mol. The lowest BCUT2D eigenvalue weighted by atomic mass is 9.96. The van der Waals surface area contributed by atoms with Gasteiger partial charge in [0.15, 0.2) is 0 Å². The van der Waals surface area contributed by atoms with Crippen LogP contribution in [0.1, 0.15) is 24.9 Å². The Morgan fingerprint density at radius 1 is 1.21 bits per heavy atom. The molecule has 0 saturated heterocycles. The molecule has 0 saturated carbocycles. The van der Waals surface area contributed by atoms with Gasteiger partial charge in [-0.05, 0) is 31.2 Å². The second kappa shape index (κ2) is 6.34. The molecule has 19 heavy (non-hydrogen) atoms. The monoisotopic (exact) mass is 278 g/mol. The summed E-state index contributed by atoms with van der Waals surface area (Å²) < 4.78 is 50.3. The lowest BCUT2D eigenvalue weighted by Crippen LogP contribution is -2.42. The lowest BCUT2D eigenvalue weighted by Gasteiger charge is -2.33. The lowest BCUT2D eigenvalue weighted by molar-refractivity contribution is -0.148. The Bertz CT molecular complexity index is 389. The summed E-state index contributed by atoms with van der Waals surface area (Å²) in [6, 6.07) is 4.37. The Morgan fingerprint density at radius 3 is 2.16 bits per heavy atom. The number of benzene rings is 1. The van der Waals surface area contributed by atoms with Crippen molar-refractivity contribution in [3.8, 4) is 0 Å². The minimum Gasteiger partial charge on any atom is -0.326 e. The minimum absolute atomic E-state index is 0.425. The van der Waals surface area contributed by atoms with Gasteiger partial charge in [-0.2, -0.15) is 13.2 Å². The highest BCUT2D eigenvalue weighted by atomic mass is 19.4. The van der Waals surface area contributed by atoms with E-state index in [1.165, 1.54) is 31.3 Å². The average Bonchev–Trinajstić information content (AvgIpc) is 2.29. The van der Waals surface area contributed by atoms with Crippen LogP contribution in [0.2, 0.25) is 0 Å². The Kier molecular flexibility index (Phi) is 5.31. The Morgan fingerprint density at radius 2 is 1.74 bits per heavy atom. The second-order valence-electron chi connectivity index (χ2n) is 4.60. The fourth-order valence-corrected chi connectivity index (χ4v) is 2.09. The predicted molar refractivity (Wildman–Crippen MR) is 66.1 cm³/mol. The summed E-state index contributed by atoms with van der Waals surface area (Å²) in [6.07, 6.45) is -3.76. The van der Waals surface area contributed by atoms with Crippen molar-refractivity contribution >= 4 is 0 Å². The van der Waals surface area contributed by atoms with Crippen LogP contribution in [0.15, 0.2) is 24.3 Å². The first-order valence-electron chi connectivity index (χ1n) is 6.02. The molecule has 6 heteroatoms. The number of nitrogens with zero attached hydrogens (tertiary/aromatic N) is 1. The zero-order chi connectivity index (χ0) is 14.6. The number of nitrogens with two attached hydrogens (primary N) is 1. The first-order valence-corrected chi connectivity index (χ1v) is 6.02. The van der Waals surface area contributed by atoms with E-state index >= 15 is 0 Å². The number of likely N-dealkylation sites (N-methyl/N-ethyl adjacent to an activating group) is 1. The van der Waals surface area contributed by atoms with Gasteiger partial charge in [0.2, 0.25) is 0 Å². The highest BCUT2D eigenvalue weighted by Gasteiger charge is 2.34. The summed E-state index contributed by atoms with van der Waals surface area (Å²) in [4.78, 5) is 1.15. The van der Waals surface area contributed by atoms with E-state index in [0.29, 0.717) is 12.0 Å². The highest BCUT2D eigenvalue weighted by Crippen LogP contribution is 2.27. The Balaban J connectivity index is 2.98. The molecule has 2 atom stereocenters. The summed E-state index contributed by atoms with van der Waals surface area (Å²) in [5, 5.41) is 0. The molecule has 1 aromatic rings. The molecule has 0 bridgehead atoms. The number of hydrogen-bond acceptors (Lipinski definition) is 2. The molecular formula is C13H18F4N2. The van der Waals surface area contributed by atoms with Crippen molar-refractivity contribution in [2.75, 3.05) is 13.6 Å². The van der Waals surface area contributed by atoms with Gasteiger partial charge in [-0.3, -0.25) is 4.90 Å². The predicted octanol–water partition coefficient (Wildman–Crippen LogP) is 3.10. The zero-order valence-electron chi connectivity index (χ0n) is 10.9. The third kappa shape index (κ3) is 4.80. The molecule has 108 valence electrons. The SMILES string of the molecule is CCC(N)C(c1ccc(F)cc1)N(C)CC(F)(F)F. The Hall–Kier alpha value is -1.14. The van der Waals surface area contributed by atoms with Crippen LogP contribution >= 0.6 is 0 Å². The van der Waals surface area contributed by atoms with Gasteiger partial charge in [0.25, 0.3) is 0 Å². The van der Waals surface area contributed by atoms with Gasteiger partial charge in [-0.25, -0.2) is 4.39 Å². The van der Waals surface area contributed by atoms with E-state index in [-0.39, 0.29) is 0 Å². The molecule has 0 aromatic heterocycles. The molecule has 0 fully saturated rings. The normalized spacial score (nSPS) is 15.6. The minimum atomic E-state index is -4.29. The fourth-order valence-electron chi connectivity index (χ4n) is 2.09. The molecule has 2 nitrogen and oxygen atoms in total. The van der Waals surface area contributed by atoms with Crippen molar-refractivity contribution in [3.05, 3.63) is 35.6 Å². The maximum Gasteiger partial charge on any atom is 0.401 e. The van der Waals surface area contributed by atoms with E-state index in [4.69, 9.17) is 5.73 Å². The quantitative estimate of drug-likeness (QED) is 0.839. The van der Waals surface area contributed by atoms with Gasteiger partial charge in [0.1, 0.15) is 5.82 Å². The molecule has 1 aromatic carbocycles. The molecule has 2 unspecified atom stereocenters. The van der Waals surface area contributed by atoms with Crippen LogP contribution in [0.5, 0.6) is 0 Å². The standard InChI is InChI=1S/C13H18F4N2/c1-3-11(18)12(19(2)8-13(15,16)17)9-4-6-10(14)7-5-9/h4-7,11-12H,3,8,18H2,1-2H3. The summed E-state index contributed by atoms with van der Waals surface area (Å²) in [7, 11) is 1.37. The number of rotatable bonds is 5. The fraction of sp³-hybridized carbons (Fsp3) is 0.538. The van der Waals surface area contributed by atoms with Crippen LogP contribution in [-0.2, 0) is 0 Å². The largest absolute Gasteiger partial charge is 0.401 e. The third-order valence-electron chi connectivity index (χ3n) is 2.99. The number of alkyl halides is 3. The van der Waals surface area contributed by atoms with Crippen molar-refractivity contribution in [2.45, 2.75) is 31.6 Å². The molecule has 0 heterocycles. The summed E-state index contributed by atoms with van der Waals surface area (Å²) in [5.41, 5.74) is 6.49. The maximum absolute atomic E-state index is 12.9. The zero-order valence-corrected chi connectivity index (χ0v) is 10.9. The molecule has 0 spiro atoms. The molecule has 1 rings (SSSR count). The van der Waals surface area contributed by atoms with Crippen LogP contribution in [0, 0.1) is 5.82 Å². The number of halogens is 4. The topological polar surface area (TPSA) is 29.3 Å². The smallest absolute Gasteiger partial charge is 0.326 e. The molecule has 0 radical (unpaired) electrons. The van der Waals surface area contributed by atoms with Gasteiger partial charge in [-0.1, -0.05) is 19.1 Å². The Labute approximate surface area is 110 Å². The van der Waals surface area contributed by atoms with Crippen molar-refractivity contribution < 1.29 is 17.6 Å². The third-order valence-corrected chi connectivity index (χ3v) is 2.99.